The first-order chi connectivity index (χ1) is 7.84. The molecule has 2 nitrogen and oxygen atoms in total. The maximum absolute atomic E-state index is 12.6. The van der Waals surface area contributed by atoms with E-state index in [2.05, 4.69) is 21.2 Å². The summed E-state index contributed by atoms with van der Waals surface area (Å²) in [5.74, 6) is 0. The second-order valence-electron chi connectivity index (χ2n) is 3.69. The summed E-state index contributed by atoms with van der Waals surface area (Å²) in [6.45, 7) is 2.26. The van der Waals surface area contributed by atoms with E-state index in [1.807, 2.05) is 6.92 Å². The van der Waals surface area contributed by atoms with E-state index in [9.17, 15) is 13.2 Å². The molecule has 96 valence electrons. The van der Waals surface area contributed by atoms with Crippen molar-refractivity contribution in [3.8, 4) is 0 Å². The molecule has 1 atom stereocenters. The molecule has 0 aliphatic carbocycles. The van der Waals surface area contributed by atoms with Crippen molar-refractivity contribution in [3.05, 3.63) is 28.2 Å². The molecule has 0 spiro atoms. The Hall–Kier alpha value is -0.750. The smallest absolute Gasteiger partial charge is 0.383 e. The highest BCUT2D eigenvalue weighted by molar-refractivity contribution is 9.10. The zero-order valence-electron chi connectivity index (χ0n) is 9.44. The molecule has 0 aromatic heterocycles. The van der Waals surface area contributed by atoms with Crippen LogP contribution in [0.25, 0.3) is 0 Å². The van der Waals surface area contributed by atoms with Crippen molar-refractivity contribution >= 4 is 21.6 Å². The molecule has 17 heavy (non-hydrogen) atoms. The molecule has 1 aromatic rings. The summed E-state index contributed by atoms with van der Waals surface area (Å²) >= 11 is 2.89. The third kappa shape index (κ3) is 4.20. The van der Waals surface area contributed by atoms with Gasteiger partial charge in [0.15, 0.2) is 0 Å². The maximum Gasteiger partial charge on any atom is 0.417 e. The molecule has 0 aliphatic heterocycles. The predicted molar refractivity (Wildman–Crippen MR) is 64.1 cm³/mol. The summed E-state index contributed by atoms with van der Waals surface area (Å²) in [6.07, 6.45) is -4.36. The van der Waals surface area contributed by atoms with Gasteiger partial charge >= 0.3 is 6.18 Å². The summed E-state index contributed by atoms with van der Waals surface area (Å²) < 4.78 is 42.8. The quantitative estimate of drug-likeness (QED) is 0.910. The highest BCUT2D eigenvalue weighted by Gasteiger charge is 2.33. The second kappa shape index (κ2) is 5.73. The Bertz CT molecular complexity index is 381. The Morgan fingerprint density at radius 3 is 2.59 bits per heavy atom. The first-order valence-electron chi connectivity index (χ1n) is 4.97. The van der Waals surface area contributed by atoms with Crippen molar-refractivity contribution in [3.63, 3.8) is 0 Å². The number of hydrogen-bond acceptors (Lipinski definition) is 2. The fourth-order valence-electron chi connectivity index (χ4n) is 1.41. The van der Waals surface area contributed by atoms with Gasteiger partial charge in [-0.05, 0) is 25.1 Å². The number of rotatable bonds is 4. The van der Waals surface area contributed by atoms with Crippen LogP contribution in [0.4, 0.5) is 18.9 Å². The molecule has 0 saturated carbocycles. The van der Waals surface area contributed by atoms with Gasteiger partial charge in [-0.1, -0.05) is 15.9 Å². The van der Waals surface area contributed by atoms with E-state index >= 15 is 0 Å². The Kier molecular flexibility index (Phi) is 4.82. The third-order valence-electron chi connectivity index (χ3n) is 2.10. The number of ether oxygens (including phenoxy) is 1. The fourth-order valence-corrected chi connectivity index (χ4v) is 1.88. The molecule has 0 fully saturated rings. The SMILES string of the molecule is COCC(C)Nc1ccc(Br)c(C(F)(F)F)c1. The molecule has 0 radical (unpaired) electrons. The largest absolute Gasteiger partial charge is 0.417 e. The molecule has 1 aromatic carbocycles. The molecule has 0 amide bonds. The van der Waals surface area contributed by atoms with E-state index < -0.39 is 11.7 Å². The number of hydrogen-bond donors (Lipinski definition) is 1. The van der Waals surface area contributed by atoms with Crippen LogP contribution >= 0.6 is 15.9 Å². The zero-order valence-corrected chi connectivity index (χ0v) is 11.0. The average Bonchev–Trinajstić information content (AvgIpc) is 2.19. The average molecular weight is 312 g/mol. The van der Waals surface area contributed by atoms with E-state index in [-0.39, 0.29) is 10.5 Å². The Balaban J connectivity index is 2.89. The van der Waals surface area contributed by atoms with Gasteiger partial charge in [0.05, 0.1) is 12.2 Å². The lowest BCUT2D eigenvalue weighted by Crippen LogP contribution is -2.21. The van der Waals surface area contributed by atoms with Crippen molar-refractivity contribution in [2.75, 3.05) is 19.0 Å². The summed E-state index contributed by atoms with van der Waals surface area (Å²) in [6, 6.07) is 3.99. The van der Waals surface area contributed by atoms with Crippen LogP contribution in [0.5, 0.6) is 0 Å². The van der Waals surface area contributed by atoms with Gasteiger partial charge in [-0.15, -0.1) is 0 Å². The lowest BCUT2D eigenvalue weighted by molar-refractivity contribution is -0.138. The Morgan fingerprint density at radius 2 is 2.06 bits per heavy atom. The van der Waals surface area contributed by atoms with Gasteiger partial charge in [0.2, 0.25) is 0 Å². The standard InChI is InChI=1S/C11H13BrF3NO/c1-7(6-17-2)16-8-3-4-10(12)9(5-8)11(13,14)15/h3-5,7,16H,6H2,1-2H3. The number of anilines is 1. The first kappa shape index (κ1) is 14.3. The molecule has 1 unspecified atom stereocenters. The summed E-state index contributed by atoms with van der Waals surface area (Å²) in [4.78, 5) is 0. The van der Waals surface area contributed by atoms with Crippen LogP contribution in [0, 0.1) is 0 Å². The minimum atomic E-state index is -4.36. The Morgan fingerprint density at radius 1 is 1.41 bits per heavy atom. The van der Waals surface area contributed by atoms with Gasteiger partial charge in [0.25, 0.3) is 0 Å². The summed E-state index contributed by atoms with van der Waals surface area (Å²) in [5.41, 5.74) is -0.266. The van der Waals surface area contributed by atoms with Crippen LogP contribution in [0.1, 0.15) is 12.5 Å². The maximum atomic E-state index is 12.6. The van der Waals surface area contributed by atoms with Crippen LogP contribution in [0.15, 0.2) is 22.7 Å². The lowest BCUT2D eigenvalue weighted by atomic mass is 10.2. The predicted octanol–water partition coefficient (Wildman–Crippen LogP) is 3.91. The van der Waals surface area contributed by atoms with Crippen molar-refractivity contribution in [2.45, 2.75) is 19.1 Å². The summed E-state index contributed by atoms with van der Waals surface area (Å²) in [5, 5.41) is 2.94. The topological polar surface area (TPSA) is 21.3 Å². The van der Waals surface area contributed by atoms with Crippen LogP contribution in [0.2, 0.25) is 0 Å². The number of nitrogens with one attached hydrogen (secondary N) is 1. The monoisotopic (exact) mass is 311 g/mol. The van der Waals surface area contributed by atoms with E-state index in [1.165, 1.54) is 6.07 Å². The fraction of sp³-hybridized carbons (Fsp3) is 0.455. The van der Waals surface area contributed by atoms with Crippen LogP contribution in [-0.2, 0) is 10.9 Å². The van der Waals surface area contributed by atoms with Gasteiger partial charge in [0, 0.05) is 23.3 Å². The third-order valence-corrected chi connectivity index (χ3v) is 2.79. The van der Waals surface area contributed by atoms with Gasteiger partial charge in [-0.3, -0.25) is 0 Å². The van der Waals surface area contributed by atoms with Crippen molar-refractivity contribution in [1.82, 2.24) is 0 Å². The van der Waals surface area contributed by atoms with Crippen molar-refractivity contribution in [1.29, 1.82) is 0 Å². The molecular weight excluding hydrogens is 299 g/mol. The highest BCUT2D eigenvalue weighted by atomic mass is 79.9. The number of benzene rings is 1. The molecule has 1 N–H and O–H groups in total. The van der Waals surface area contributed by atoms with Crippen molar-refractivity contribution in [2.24, 2.45) is 0 Å². The van der Waals surface area contributed by atoms with E-state index in [1.54, 1.807) is 13.2 Å². The molecule has 0 aliphatic rings. The van der Waals surface area contributed by atoms with Gasteiger partial charge < -0.3 is 10.1 Å². The molecular formula is C11H13BrF3NO. The minimum Gasteiger partial charge on any atom is -0.383 e. The molecule has 1 rings (SSSR count). The van der Waals surface area contributed by atoms with E-state index in [0.717, 1.165) is 6.07 Å². The first-order valence-corrected chi connectivity index (χ1v) is 5.76. The Labute approximate surface area is 106 Å². The molecule has 0 heterocycles. The zero-order chi connectivity index (χ0) is 13.1. The van der Waals surface area contributed by atoms with Crippen molar-refractivity contribution < 1.29 is 17.9 Å². The van der Waals surface area contributed by atoms with Gasteiger partial charge in [0.1, 0.15) is 0 Å². The van der Waals surface area contributed by atoms with Gasteiger partial charge in [-0.25, -0.2) is 0 Å². The molecule has 6 heteroatoms. The lowest BCUT2D eigenvalue weighted by Gasteiger charge is -2.16. The van der Waals surface area contributed by atoms with Crippen LogP contribution < -0.4 is 5.32 Å². The van der Waals surface area contributed by atoms with Crippen LogP contribution in [-0.4, -0.2) is 19.8 Å². The highest BCUT2D eigenvalue weighted by Crippen LogP contribution is 2.36. The number of alkyl halides is 3. The second-order valence-corrected chi connectivity index (χ2v) is 4.55. The summed E-state index contributed by atoms with van der Waals surface area (Å²) in [7, 11) is 1.54. The van der Waals surface area contributed by atoms with E-state index in [4.69, 9.17) is 4.74 Å². The minimum absolute atomic E-state index is 0.0370. The van der Waals surface area contributed by atoms with Gasteiger partial charge in [-0.2, -0.15) is 13.2 Å². The normalized spacial score (nSPS) is 13.5. The van der Waals surface area contributed by atoms with E-state index in [0.29, 0.717) is 12.3 Å². The number of methoxy groups -OCH3 is 1. The molecule has 0 saturated heterocycles. The van der Waals surface area contributed by atoms with Crippen LogP contribution in [0.3, 0.4) is 0 Å². The number of halogens is 4. The molecule has 0 bridgehead atoms.